The van der Waals surface area contributed by atoms with E-state index >= 15 is 0 Å². The summed E-state index contributed by atoms with van der Waals surface area (Å²) in [4.78, 5) is 31.6. The fourth-order valence-corrected chi connectivity index (χ4v) is 5.51. The molecule has 4 fully saturated rings. The average Bonchev–Trinajstić information content (AvgIpc) is 3.14. The third-order valence-electron chi connectivity index (χ3n) is 6.92. The van der Waals surface area contributed by atoms with Crippen molar-refractivity contribution in [1.29, 1.82) is 0 Å². The minimum absolute atomic E-state index is 0.101. The molecule has 4 aliphatic rings. The number of rotatable bonds is 4. The van der Waals surface area contributed by atoms with Gasteiger partial charge in [-0.2, -0.15) is 0 Å². The molecule has 1 aromatic rings. The van der Waals surface area contributed by atoms with Gasteiger partial charge in [-0.15, -0.1) is 0 Å². The molecule has 1 amide bonds. The van der Waals surface area contributed by atoms with E-state index < -0.39 is 11.3 Å². The molecule has 2 bridgehead atoms. The zero-order valence-corrected chi connectivity index (χ0v) is 18.7. The number of esters is 1. The van der Waals surface area contributed by atoms with Crippen molar-refractivity contribution in [2.75, 3.05) is 25.1 Å². The number of pyridine rings is 1. The van der Waals surface area contributed by atoms with Gasteiger partial charge < -0.3 is 15.0 Å². The summed E-state index contributed by atoms with van der Waals surface area (Å²) in [6.45, 7) is 2.40. The molecule has 3 aliphatic carbocycles. The number of amides is 1. The second kappa shape index (κ2) is 7.73. The first-order chi connectivity index (χ1) is 14.2. The van der Waals surface area contributed by atoms with Crippen LogP contribution in [0.3, 0.4) is 0 Å². The molecule has 9 heteroatoms. The minimum atomic E-state index is -2.69. The van der Waals surface area contributed by atoms with Gasteiger partial charge in [-0.05, 0) is 60.0 Å². The van der Waals surface area contributed by atoms with Gasteiger partial charge in [-0.1, -0.05) is 0 Å². The summed E-state index contributed by atoms with van der Waals surface area (Å²) in [5, 5.41) is 3.09. The van der Waals surface area contributed by atoms with Crippen LogP contribution in [0, 0.1) is 18.3 Å². The molecule has 1 aliphatic heterocycles. The lowest BCUT2D eigenvalue weighted by atomic mass is 9.69. The predicted octanol–water partition coefficient (Wildman–Crippen LogP) is 3.85. The van der Waals surface area contributed by atoms with Gasteiger partial charge in [0.25, 0.3) is 5.91 Å². The number of carbonyl (C=O) groups excluding carboxylic acids is 2. The number of alkyl halides is 2. The van der Waals surface area contributed by atoms with Crippen LogP contribution in [0.2, 0.25) is 0 Å². The molecule has 30 heavy (non-hydrogen) atoms. The minimum Gasteiger partial charge on any atom is -0.469 e. The fraction of sp³-hybridized carbons (Fsp3) is 0.667. The molecular formula is C21H26BrF2N3O3. The van der Waals surface area contributed by atoms with Gasteiger partial charge in [0.2, 0.25) is 5.92 Å². The molecule has 0 spiro atoms. The third kappa shape index (κ3) is 3.69. The lowest BCUT2D eigenvalue weighted by molar-refractivity contribution is -0.157. The Hall–Kier alpha value is -1.77. The summed E-state index contributed by atoms with van der Waals surface area (Å²) >= 11 is 3.43. The Bertz CT molecular complexity index is 873. The molecule has 6 nitrogen and oxygen atoms in total. The van der Waals surface area contributed by atoms with Crippen LogP contribution in [0.15, 0.2) is 10.7 Å². The van der Waals surface area contributed by atoms with Crippen LogP contribution in [-0.4, -0.2) is 49.0 Å². The van der Waals surface area contributed by atoms with Crippen molar-refractivity contribution in [3.63, 3.8) is 0 Å². The Morgan fingerprint density at radius 3 is 2.70 bits per heavy atom. The van der Waals surface area contributed by atoms with Gasteiger partial charge in [0.1, 0.15) is 5.82 Å². The van der Waals surface area contributed by atoms with Gasteiger partial charge in [0.05, 0.1) is 18.1 Å². The molecule has 3 saturated carbocycles. The number of nitrogens with zero attached hydrogens (tertiary/aromatic N) is 2. The SMILES string of the molecule is COC(=O)C12CC(C1)[C@H](NC(=O)c1c(N3CCCC(F)(F)CC3)ncc(Br)c1C)C2. The van der Waals surface area contributed by atoms with Crippen molar-refractivity contribution < 1.29 is 23.1 Å². The Kier molecular flexibility index (Phi) is 5.53. The van der Waals surface area contributed by atoms with E-state index in [0.717, 1.165) is 18.4 Å². The highest BCUT2D eigenvalue weighted by Gasteiger charge is 2.61. The fourth-order valence-electron chi connectivity index (χ4n) is 5.21. The van der Waals surface area contributed by atoms with Crippen molar-refractivity contribution in [1.82, 2.24) is 10.3 Å². The van der Waals surface area contributed by atoms with E-state index in [1.54, 1.807) is 11.1 Å². The molecule has 2 heterocycles. The topological polar surface area (TPSA) is 71.5 Å². The van der Waals surface area contributed by atoms with Crippen molar-refractivity contribution in [3.8, 4) is 0 Å². The van der Waals surface area contributed by atoms with Crippen LogP contribution in [0.4, 0.5) is 14.6 Å². The van der Waals surface area contributed by atoms with Crippen LogP contribution >= 0.6 is 15.9 Å². The molecule has 1 atom stereocenters. The van der Waals surface area contributed by atoms with Crippen LogP contribution in [0.5, 0.6) is 0 Å². The Labute approximate surface area is 182 Å². The molecule has 164 valence electrons. The Morgan fingerprint density at radius 1 is 1.27 bits per heavy atom. The monoisotopic (exact) mass is 485 g/mol. The summed E-state index contributed by atoms with van der Waals surface area (Å²) in [6.07, 6.45) is 3.59. The average molecular weight is 486 g/mol. The number of hydrogen-bond donors (Lipinski definition) is 1. The lowest BCUT2D eigenvalue weighted by Gasteiger charge is -2.35. The number of nitrogens with one attached hydrogen (secondary N) is 1. The third-order valence-corrected chi connectivity index (χ3v) is 7.72. The van der Waals surface area contributed by atoms with E-state index in [1.165, 1.54) is 7.11 Å². The second-order valence-corrected chi connectivity index (χ2v) is 9.70. The van der Waals surface area contributed by atoms with Crippen molar-refractivity contribution >= 4 is 33.6 Å². The second-order valence-electron chi connectivity index (χ2n) is 8.85. The summed E-state index contributed by atoms with van der Waals surface area (Å²) < 4.78 is 33.3. The normalized spacial score (nSPS) is 29.7. The Morgan fingerprint density at radius 2 is 2.00 bits per heavy atom. The standard InChI is InChI=1S/C21H26BrF2N3O3/c1-12-14(22)11-25-17(27-6-3-4-21(23,24)5-7-27)16(12)18(28)26-15-10-20(19(29)30-2)8-13(15)9-20/h11,13,15H,3-10H2,1-2H3,(H,26,28)/t13?,15-,20?/m1/s1. The Balaban J connectivity index is 1.56. The van der Waals surface area contributed by atoms with Gasteiger partial charge in [-0.25, -0.2) is 13.8 Å². The number of carbonyl (C=O) groups is 2. The number of fused-ring (bicyclic) bond motifs is 1. The molecule has 0 aromatic carbocycles. The number of hydrogen-bond acceptors (Lipinski definition) is 5. The molecular weight excluding hydrogens is 460 g/mol. The van der Waals surface area contributed by atoms with Gasteiger partial charge in [0.15, 0.2) is 0 Å². The highest BCUT2D eigenvalue weighted by molar-refractivity contribution is 9.10. The highest BCUT2D eigenvalue weighted by Crippen LogP contribution is 2.59. The van der Waals surface area contributed by atoms with Crippen LogP contribution < -0.4 is 10.2 Å². The zero-order valence-electron chi connectivity index (χ0n) is 17.1. The predicted molar refractivity (Wildman–Crippen MR) is 111 cm³/mol. The lowest BCUT2D eigenvalue weighted by Crippen LogP contribution is -2.40. The summed E-state index contributed by atoms with van der Waals surface area (Å²) in [6, 6.07) is -0.101. The van der Waals surface area contributed by atoms with Gasteiger partial charge >= 0.3 is 5.97 Å². The van der Waals surface area contributed by atoms with E-state index in [4.69, 9.17) is 4.74 Å². The largest absolute Gasteiger partial charge is 0.469 e. The number of anilines is 1. The summed E-state index contributed by atoms with van der Waals surface area (Å²) in [5.41, 5.74) is 0.661. The number of aromatic nitrogens is 1. The maximum absolute atomic E-state index is 13.8. The molecule has 1 saturated heterocycles. The summed E-state index contributed by atoms with van der Waals surface area (Å²) in [5.74, 6) is -2.46. The van der Waals surface area contributed by atoms with E-state index in [2.05, 4.69) is 26.2 Å². The zero-order chi connectivity index (χ0) is 21.7. The van der Waals surface area contributed by atoms with Crippen LogP contribution in [-0.2, 0) is 9.53 Å². The summed E-state index contributed by atoms with van der Waals surface area (Å²) in [7, 11) is 1.39. The highest BCUT2D eigenvalue weighted by atomic mass is 79.9. The number of halogens is 3. The smallest absolute Gasteiger partial charge is 0.311 e. The first-order valence-corrected chi connectivity index (χ1v) is 11.1. The molecule has 0 radical (unpaired) electrons. The molecule has 1 aromatic heterocycles. The number of ether oxygens (including phenoxy) is 1. The van der Waals surface area contributed by atoms with E-state index in [1.807, 2.05) is 6.92 Å². The van der Waals surface area contributed by atoms with E-state index in [9.17, 15) is 18.4 Å². The van der Waals surface area contributed by atoms with Crippen molar-refractivity contribution in [2.45, 2.75) is 57.4 Å². The van der Waals surface area contributed by atoms with Crippen molar-refractivity contribution in [3.05, 3.63) is 21.8 Å². The quantitative estimate of drug-likeness (QED) is 0.655. The first kappa shape index (κ1) is 21.5. The van der Waals surface area contributed by atoms with Crippen molar-refractivity contribution in [2.24, 2.45) is 11.3 Å². The van der Waals surface area contributed by atoms with Crippen LogP contribution in [0.25, 0.3) is 0 Å². The molecule has 1 N–H and O–H groups in total. The number of methoxy groups -OCH3 is 1. The maximum atomic E-state index is 13.8. The van der Waals surface area contributed by atoms with Gasteiger partial charge in [-0.3, -0.25) is 9.59 Å². The molecule has 0 unspecified atom stereocenters. The van der Waals surface area contributed by atoms with E-state index in [-0.39, 0.29) is 43.2 Å². The maximum Gasteiger partial charge on any atom is 0.311 e. The molecule has 5 rings (SSSR count). The first-order valence-electron chi connectivity index (χ1n) is 10.3. The van der Waals surface area contributed by atoms with Crippen LogP contribution in [0.1, 0.15) is 54.4 Å². The van der Waals surface area contributed by atoms with E-state index in [0.29, 0.717) is 35.2 Å². The van der Waals surface area contributed by atoms with Gasteiger partial charge in [0, 0.05) is 42.6 Å².